The average molecular weight is 300 g/mol. The van der Waals surface area contributed by atoms with Crippen LogP contribution in [-0.2, 0) is 4.79 Å². The van der Waals surface area contributed by atoms with Gasteiger partial charge >= 0.3 is 0 Å². The smallest absolute Gasteiger partial charge is 0.241 e. The zero-order valence-electron chi connectivity index (χ0n) is 7.62. The first kappa shape index (κ1) is 11.0. The number of carbonyl (C=O) groups is 1. The van der Waals surface area contributed by atoms with Gasteiger partial charge < -0.3 is 5.32 Å². The fraction of sp³-hybridized carbons (Fsp3) is 0.200. The molecule has 0 aliphatic carbocycles. The molecule has 1 aromatic rings. The van der Waals surface area contributed by atoms with Gasteiger partial charge in [0, 0.05) is 3.57 Å². The van der Waals surface area contributed by atoms with Crippen LogP contribution in [0, 0.1) is 20.8 Å². The Hall–Kier alpha value is -1.09. The molecule has 3 nitrogen and oxygen atoms in total. The minimum Gasteiger partial charge on any atom is -0.324 e. The summed E-state index contributed by atoms with van der Waals surface area (Å²) < 4.78 is 0.962. The molecule has 0 aliphatic heterocycles. The minimum atomic E-state index is -0.619. The highest BCUT2D eigenvalue weighted by Gasteiger charge is 2.12. The van der Waals surface area contributed by atoms with Crippen molar-refractivity contribution in [3.63, 3.8) is 0 Å². The van der Waals surface area contributed by atoms with Crippen LogP contribution in [0.2, 0.25) is 0 Å². The Bertz CT molecular complexity index is 384. The van der Waals surface area contributed by atoms with E-state index in [1.165, 1.54) is 0 Å². The van der Waals surface area contributed by atoms with Crippen LogP contribution in [0.15, 0.2) is 24.3 Å². The lowest BCUT2D eigenvalue weighted by Gasteiger charge is -2.07. The normalized spacial score (nSPS) is 11.5. The molecule has 1 amide bonds. The molecule has 14 heavy (non-hydrogen) atoms. The number of carbonyl (C=O) groups excluding carboxylic acids is 1. The third-order valence-corrected chi connectivity index (χ3v) is 2.66. The number of amides is 1. The van der Waals surface area contributed by atoms with E-state index in [0.29, 0.717) is 0 Å². The number of rotatable bonds is 2. The number of nitriles is 1. The monoisotopic (exact) mass is 300 g/mol. The second-order valence-corrected chi connectivity index (χ2v) is 3.98. The lowest BCUT2D eigenvalue weighted by molar-refractivity contribution is -0.117. The minimum absolute atomic E-state index is 0.267. The van der Waals surface area contributed by atoms with Gasteiger partial charge in [0.2, 0.25) is 5.91 Å². The van der Waals surface area contributed by atoms with Crippen molar-refractivity contribution >= 4 is 34.2 Å². The molecular weight excluding hydrogens is 291 g/mol. The van der Waals surface area contributed by atoms with Crippen molar-refractivity contribution in [2.24, 2.45) is 5.92 Å². The number of nitrogens with one attached hydrogen (secondary N) is 1. The van der Waals surface area contributed by atoms with E-state index in [-0.39, 0.29) is 5.91 Å². The predicted octanol–water partition coefficient (Wildman–Crippen LogP) is 2.39. The molecule has 1 rings (SSSR count). The predicted molar refractivity (Wildman–Crippen MR) is 62.6 cm³/mol. The van der Waals surface area contributed by atoms with Crippen LogP contribution in [0.25, 0.3) is 0 Å². The molecule has 0 radical (unpaired) electrons. The van der Waals surface area contributed by atoms with Crippen LogP contribution in [0.1, 0.15) is 6.92 Å². The van der Waals surface area contributed by atoms with Crippen molar-refractivity contribution in [1.82, 2.24) is 0 Å². The summed E-state index contributed by atoms with van der Waals surface area (Å²) in [6.45, 7) is 1.57. The van der Waals surface area contributed by atoms with Gasteiger partial charge in [0.05, 0.1) is 11.8 Å². The van der Waals surface area contributed by atoms with Gasteiger partial charge in [0.15, 0.2) is 0 Å². The summed E-state index contributed by atoms with van der Waals surface area (Å²) in [5, 5.41) is 11.2. The van der Waals surface area contributed by atoms with Gasteiger partial charge in [0.25, 0.3) is 0 Å². The van der Waals surface area contributed by atoms with Crippen molar-refractivity contribution in [1.29, 1.82) is 5.26 Å². The molecule has 0 aromatic heterocycles. The van der Waals surface area contributed by atoms with E-state index in [2.05, 4.69) is 27.9 Å². The maximum atomic E-state index is 11.4. The Morgan fingerprint density at radius 3 is 2.79 bits per heavy atom. The highest BCUT2D eigenvalue weighted by atomic mass is 127. The lowest BCUT2D eigenvalue weighted by atomic mass is 10.2. The Labute approximate surface area is 96.3 Å². The molecule has 1 unspecified atom stereocenters. The van der Waals surface area contributed by atoms with E-state index >= 15 is 0 Å². The van der Waals surface area contributed by atoms with Gasteiger partial charge in [-0.05, 0) is 41.6 Å². The number of hydrogen-bond acceptors (Lipinski definition) is 2. The first-order valence-electron chi connectivity index (χ1n) is 4.10. The number of nitrogens with zero attached hydrogens (tertiary/aromatic N) is 1. The zero-order chi connectivity index (χ0) is 10.6. The van der Waals surface area contributed by atoms with Crippen LogP contribution in [0.5, 0.6) is 0 Å². The molecule has 4 heteroatoms. The Balaban J connectivity index is 2.76. The van der Waals surface area contributed by atoms with E-state index in [1.54, 1.807) is 6.92 Å². The number of anilines is 1. The molecule has 0 bridgehead atoms. The molecule has 0 spiro atoms. The van der Waals surface area contributed by atoms with Crippen molar-refractivity contribution in [3.8, 4) is 6.07 Å². The van der Waals surface area contributed by atoms with Crippen molar-refractivity contribution in [2.75, 3.05) is 5.32 Å². The first-order chi connectivity index (χ1) is 6.65. The summed E-state index contributed by atoms with van der Waals surface area (Å²) in [5.74, 6) is -0.886. The summed E-state index contributed by atoms with van der Waals surface area (Å²) in [6, 6.07) is 9.33. The molecule has 0 aliphatic rings. The number of halogens is 1. The lowest BCUT2D eigenvalue weighted by Crippen LogP contribution is -2.19. The van der Waals surface area contributed by atoms with Crippen molar-refractivity contribution in [2.45, 2.75) is 6.92 Å². The Morgan fingerprint density at radius 2 is 2.21 bits per heavy atom. The standard InChI is InChI=1S/C10H9IN2O/c1-7(6-12)10(14)13-9-5-3-2-4-8(9)11/h2-5,7H,1H3,(H,13,14). The van der Waals surface area contributed by atoms with E-state index < -0.39 is 5.92 Å². The zero-order valence-corrected chi connectivity index (χ0v) is 9.78. The van der Waals surface area contributed by atoms with Crippen LogP contribution in [0.3, 0.4) is 0 Å². The van der Waals surface area contributed by atoms with Crippen LogP contribution in [0.4, 0.5) is 5.69 Å². The topological polar surface area (TPSA) is 52.9 Å². The Kier molecular flexibility index (Phi) is 3.89. The number of para-hydroxylation sites is 1. The molecule has 1 N–H and O–H groups in total. The van der Waals surface area contributed by atoms with Gasteiger partial charge in [-0.1, -0.05) is 12.1 Å². The van der Waals surface area contributed by atoms with Gasteiger partial charge in [-0.15, -0.1) is 0 Å². The summed E-state index contributed by atoms with van der Waals surface area (Å²) in [7, 11) is 0. The largest absolute Gasteiger partial charge is 0.324 e. The fourth-order valence-corrected chi connectivity index (χ4v) is 1.38. The average Bonchev–Trinajstić information content (AvgIpc) is 2.20. The van der Waals surface area contributed by atoms with Crippen molar-refractivity contribution in [3.05, 3.63) is 27.8 Å². The van der Waals surface area contributed by atoms with Crippen LogP contribution < -0.4 is 5.32 Å². The van der Waals surface area contributed by atoms with Gasteiger partial charge in [-0.3, -0.25) is 4.79 Å². The van der Waals surface area contributed by atoms with Crippen LogP contribution in [-0.4, -0.2) is 5.91 Å². The fourth-order valence-electron chi connectivity index (χ4n) is 0.862. The molecule has 72 valence electrons. The molecule has 1 atom stereocenters. The SMILES string of the molecule is CC(C#N)C(=O)Nc1ccccc1I. The molecule has 1 aromatic carbocycles. The molecule has 0 heterocycles. The second-order valence-electron chi connectivity index (χ2n) is 2.82. The number of hydrogen-bond donors (Lipinski definition) is 1. The summed E-state index contributed by atoms with van der Waals surface area (Å²) in [5.41, 5.74) is 0.750. The third kappa shape index (κ3) is 2.70. The van der Waals surface area contributed by atoms with Crippen molar-refractivity contribution < 1.29 is 4.79 Å². The van der Waals surface area contributed by atoms with E-state index in [1.807, 2.05) is 30.3 Å². The van der Waals surface area contributed by atoms with Gasteiger partial charge in [-0.25, -0.2) is 0 Å². The Morgan fingerprint density at radius 1 is 1.57 bits per heavy atom. The third-order valence-electron chi connectivity index (χ3n) is 1.72. The molecule has 0 saturated carbocycles. The van der Waals surface area contributed by atoms with E-state index in [9.17, 15) is 4.79 Å². The summed E-state index contributed by atoms with van der Waals surface area (Å²) >= 11 is 2.13. The van der Waals surface area contributed by atoms with Crippen LogP contribution >= 0.6 is 22.6 Å². The maximum Gasteiger partial charge on any atom is 0.241 e. The highest BCUT2D eigenvalue weighted by molar-refractivity contribution is 14.1. The maximum absolute atomic E-state index is 11.4. The summed E-state index contributed by atoms with van der Waals surface area (Å²) in [4.78, 5) is 11.4. The summed E-state index contributed by atoms with van der Waals surface area (Å²) in [6.07, 6.45) is 0. The molecular formula is C10H9IN2O. The van der Waals surface area contributed by atoms with E-state index in [0.717, 1.165) is 9.26 Å². The molecule has 0 fully saturated rings. The second kappa shape index (κ2) is 4.96. The number of benzene rings is 1. The first-order valence-corrected chi connectivity index (χ1v) is 5.18. The van der Waals surface area contributed by atoms with Gasteiger partial charge in [-0.2, -0.15) is 5.26 Å². The van der Waals surface area contributed by atoms with E-state index in [4.69, 9.17) is 5.26 Å². The molecule has 0 saturated heterocycles. The highest BCUT2D eigenvalue weighted by Crippen LogP contribution is 2.17. The quantitative estimate of drug-likeness (QED) is 0.853. The van der Waals surface area contributed by atoms with Gasteiger partial charge in [0.1, 0.15) is 5.92 Å².